The van der Waals surface area contributed by atoms with E-state index in [9.17, 15) is 4.79 Å². The summed E-state index contributed by atoms with van der Waals surface area (Å²) in [5.74, 6) is 4.03. The molecule has 0 spiro atoms. The predicted molar refractivity (Wildman–Crippen MR) is 54.5 cm³/mol. The monoisotopic (exact) mass is 206 g/mol. The second-order valence-corrected chi connectivity index (χ2v) is 2.59. The summed E-state index contributed by atoms with van der Waals surface area (Å²) in [6.45, 7) is 0.0780. The van der Waals surface area contributed by atoms with Crippen molar-refractivity contribution >= 4 is 11.7 Å². The number of aromatic carboxylic acids is 1. The van der Waals surface area contributed by atoms with Crippen molar-refractivity contribution in [2.75, 3.05) is 18.5 Å². The molecule has 1 rings (SSSR count). The van der Waals surface area contributed by atoms with Gasteiger partial charge in [0.05, 0.1) is 12.2 Å². The minimum absolute atomic E-state index is 0.100. The number of carboxylic acids is 1. The van der Waals surface area contributed by atoms with Gasteiger partial charge in [0.25, 0.3) is 0 Å². The van der Waals surface area contributed by atoms with Gasteiger partial charge in [-0.15, -0.1) is 0 Å². The molecule has 0 aromatic carbocycles. The Labute approximate surface area is 86.8 Å². The van der Waals surface area contributed by atoms with Gasteiger partial charge in [0.15, 0.2) is 0 Å². The first kappa shape index (κ1) is 11.0. The summed E-state index contributed by atoms with van der Waals surface area (Å²) in [6.07, 6.45) is 2.76. The van der Waals surface area contributed by atoms with Crippen LogP contribution in [0.4, 0.5) is 5.69 Å². The van der Waals surface area contributed by atoms with Crippen LogP contribution in [0.3, 0.4) is 0 Å². The van der Waals surface area contributed by atoms with E-state index in [2.05, 4.69) is 22.1 Å². The molecule has 0 saturated heterocycles. The summed E-state index contributed by atoms with van der Waals surface area (Å²) in [5.41, 5.74) is 0.563. The number of nitrogens with one attached hydrogen (secondary N) is 1. The average molecular weight is 206 g/mol. The molecular weight excluding hydrogens is 196 g/mol. The maximum absolute atomic E-state index is 10.8. The highest BCUT2D eigenvalue weighted by Gasteiger charge is 2.08. The number of rotatable bonds is 3. The number of nitrogens with zero attached hydrogens (tertiary/aromatic N) is 1. The van der Waals surface area contributed by atoms with E-state index in [0.29, 0.717) is 5.69 Å². The number of hydrogen-bond acceptors (Lipinski definition) is 4. The van der Waals surface area contributed by atoms with Gasteiger partial charge in [-0.1, -0.05) is 11.8 Å². The highest BCUT2D eigenvalue weighted by atomic mass is 16.4. The van der Waals surface area contributed by atoms with Gasteiger partial charge in [-0.3, -0.25) is 4.98 Å². The zero-order chi connectivity index (χ0) is 11.1. The molecule has 78 valence electrons. The average Bonchev–Trinajstić information content (AvgIpc) is 2.25. The highest BCUT2D eigenvalue weighted by Crippen LogP contribution is 2.12. The first-order valence-electron chi connectivity index (χ1n) is 4.23. The van der Waals surface area contributed by atoms with Crippen molar-refractivity contribution in [2.45, 2.75) is 0 Å². The zero-order valence-electron chi connectivity index (χ0n) is 7.90. The number of carboxylic acid groups (broad SMARTS) is 1. The van der Waals surface area contributed by atoms with Crippen molar-refractivity contribution in [3.63, 3.8) is 0 Å². The van der Waals surface area contributed by atoms with Gasteiger partial charge >= 0.3 is 5.97 Å². The van der Waals surface area contributed by atoms with E-state index < -0.39 is 5.97 Å². The topological polar surface area (TPSA) is 82.5 Å². The van der Waals surface area contributed by atoms with Gasteiger partial charge in [-0.2, -0.15) is 0 Å². The van der Waals surface area contributed by atoms with E-state index >= 15 is 0 Å². The molecule has 0 amide bonds. The fourth-order valence-electron chi connectivity index (χ4n) is 0.977. The summed E-state index contributed by atoms with van der Waals surface area (Å²) in [6, 6.07) is 1.56. The summed E-state index contributed by atoms with van der Waals surface area (Å²) in [5, 5.41) is 20.0. The number of aliphatic hydroxyl groups excluding tert-OH is 1. The molecule has 15 heavy (non-hydrogen) atoms. The second kappa shape index (κ2) is 5.62. The predicted octanol–water partition coefficient (Wildman–Crippen LogP) is 0.187. The van der Waals surface area contributed by atoms with Crippen LogP contribution in [0.25, 0.3) is 0 Å². The molecule has 0 atom stereocenters. The van der Waals surface area contributed by atoms with E-state index in [4.69, 9.17) is 10.2 Å². The maximum Gasteiger partial charge on any atom is 0.339 e. The zero-order valence-corrected chi connectivity index (χ0v) is 7.90. The molecule has 1 aromatic rings. The molecule has 5 nitrogen and oxygen atoms in total. The van der Waals surface area contributed by atoms with Gasteiger partial charge in [0.2, 0.25) is 0 Å². The Morgan fingerprint density at radius 2 is 2.33 bits per heavy atom. The van der Waals surface area contributed by atoms with Crippen molar-refractivity contribution in [3.8, 4) is 11.8 Å². The van der Waals surface area contributed by atoms with Crippen LogP contribution in [0, 0.1) is 11.8 Å². The van der Waals surface area contributed by atoms with Crippen molar-refractivity contribution in [1.82, 2.24) is 4.98 Å². The quantitative estimate of drug-likeness (QED) is 0.615. The lowest BCUT2D eigenvalue weighted by Crippen LogP contribution is -2.06. The molecule has 5 heteroatoms. The Kier molecular flexibility index (Phi) is 4.13. The Hall–Kier alpha value is -2.06. The van der Waals surface area contributed by atoms with Crippen molar-refractivity contribution in [2.24, 2.45) is 0 Å². The number of aromatic nitrogens is 1. The van der Waals surface area contributed by atoms with Crippen LogP contribution in [0.1, 0.15) is 10.4 Å². The van der Waals surface area contributed by atoms with Crippen molar-refractivity contribution < 1.29 is 15.0 Å². The molecule has 0 fully saturated rings. The minimum Gasteiger partial charge on any atom is -0.478 e. The van der Waals surface area contributed by atoms with Crippen LogP contribution >= 0.6 is 0 Å². The number of hydrogen-bond donors (Lipinski definition) is 3. The summed E-state index contributed by atoms with van der Waals surface area (Å²) in [7, 11) is 0. The molecule has 0 aliphatic carbocycles. The molecule has 0 radical (unpaired) electrons. The van der Waals surface area contributed by atoms with E-state index in [-0.39, 0.29) is 18.7 Å². The summed E-state index contributed by atoms with van der Waals surface area (Å²) in [4.78, 5) is 14.5. The van der Waals surface area contributed by atoms with Gasteiger partial charge in [0.1, 0.15) is 12.2 Å². The van der Waals surface area contributed by atoms with Gasteiger partial charge in [0, 0.05) is 12.4 Å². The highest BCUT2D eigenvalue weighted by molar-refractivity contribution is 5.93. The summed E-state index contributed by atoms with van der Waals surface area (Å²) >= 11 is 0. The Morgan fingerprint density at radius 1 is 1.53 bits per heavy atom. The van der Waals surface area contributed by atoms with E-state index in [1.165, 1.54) is 12.4 Å². The Bertz CT molecular complexity index is 407. The summed E-state index contributed by atoms with van der Waals surface area (Å²) < 4.78 is 0. The number of anilines is 1. The Balaban J connectivity index is 2.72. The minimum atomic E-state index is -1.04. The lowest BCUT2D eigenvalue weighted by Gasteiger charge is -2.04. The number of pyridine rings is 1. The van der Waals surface area contributed by atoms with Crippen molar-refractivity contribution in [3.05, 3.63) is 24.0 Å². The normalized spacial score (nSPS) is 8.87. The largest absolute Gasteiger partial charge is 0.478 e. The van der Waals surface area contributed by atoms with E-state index in [0.717, 1.165) is 0 Å². The van der Waals surface area contributed by atoms with Gasteiger partial charge < -0.3 is 15.5 Å². The lowest BCUT2D eigenvalue weighted by atomic mass is 10.2. The molecule has 0 saturated carbocycles. The SMILES string of the molecule is O=C(O)c1cnccc1NCC#CCO. The van der Waals surface area contributed by atoms with Crippen LogP contribution in [0.2, 0.25) is 0 Å². The number of aliphatic hydroxyl groups is 1. The molecule has 0 aliphatic rings. The third-order valence-electron chi connectivity index (χ3n) is 1.62. The number of carbonyl (C=O) groups is 1. The van der Waals surface area contributed by atoms with Gasteiger partial charge in [-0.05, 0) is 6.07 Å². The van der Waals surface area contributed by atoms with Crippen LogP contribution < -0.4 is 5.32 Å². The van der Waals surface area contributed by atoms with E-state index in [1.54, 1.807) is 6.07 Å². The first-order chi connectivity index (χ1) is 7.25. The molecule has 0 unspecified atom stereocenters. The lowest BCUT2D eigenvalue weighted by molar-refractivity contribution is 0.0697. The second-order valence-electron chi connectivity index (χ2n) is 2.59. The fourth-order valence-corrected chi connectivity index (χ4v) is 0.977. The smallest absolute Gasteiger partial charge is 0.339 e. The molecular formula is C10H10N2O3. The molecule has 3 N–H and O–H groups in total. The van der Waals surface area contributed by atoms with Crippen LogP contribution in [0.15, 0.2) is 18.5 Å². The fraction of sp³-hybridized carbons (Fsp3) is 0.200. The standard InChI is InChI=1S/C10H10N2O3/c13-6-2-1-4-12-9-3-5-11-7-8(9)10(14)15/h3,5,7,13H,4,6H2,(H,11,12)(H,14,15). The third kappa shape index (κ3) is 3.29. The Morgan fingerprint density at radius 3 is 3.00 bits per heavy atom. The van der Waals surface area contributed by atoms with Crippen molar-refractivity contribution in [1.29, 1.82) is 0 Å². The molecule has 1 aromatic heterocycles. The third-order valence-corrected chi connectivity index (χ3v) is 1.62. The van der Waals surface area contributed by atoms with E-state index in [1.807, 2.05) is 0 Å². The maximum atomic E-state index is 10.8. The first-order valence-corrected chi connectivity index (χ1v) is 4.23. The molecule has 0 aliphatic heterocycles. The van der Waals surface area contributed by atoms with Gasteiger partial charge in [-0.25, -0.2) is 4.79 Å². The molecule has 0 bridgehead atoms. The van der Waals surface area contributed by atoms with Crippen LogP contribution in [-0.2, 0) is 0 Å². The van der Waals surface area contributed by atoms with Crippen LogP contribution in [0.5, 0.6) is 0 Å². The van der Waals surface area contributed by atoms with Crippen LogP contribution in [-0.4, -0.2) is 34.3 Å². The molecule has 1 heterocycles.